The fraction of sp³-hybridized carbons (Fsp3) is 0.898. The number of rotatable bonds is 11. The van der Waals surface area contributed by atoms with Gasteiger partial charge in [0.05, 0.1) is 97.2 Å². The molecule has 29 atom stereocenters. The van der Waals surface area contributed by atoms with Crippen LogP contribution in [0.3, 0.4) is 0 Å². The van der Waals surface area contributed by atoms with Gasteiger partial charge in [-0.05, 0) is 125 Å². The van der Waals surface area contributed by atoms with Gasteiger partial charge in [0.15, 0.2) is 0 Å². The molecular formula is C49H64O15. The summed E-state index contributed by atoms with van der Waals surface area (Å²) in [4.78, 5) is 65.5. The number of cyclic esters (lactones) is 2. The van der Waals surface area contributed by atoms with E-state index in [9.17, 15) is 34.2 Å². The van der Waals surface area contributed by atoms with Gasteiger partial charge in [0.25, 0.3) is 0 Å². The number of ether oxygens (including phenoxy) is 8. The molecule has 13 rings (SSSR count). The summed E-state index contributed by atoms with van der Waals surface area (Å²) in [5.74, 6) is -2.15. The summed E-state index contributed by atoms with van der Waals surface area (Å²) in [6, 6.07) is 0. The number of fused-ring (bicyclic) bond motifs is 27. The Hall–Kier alpha value is -2.69. The molecule has 11 saturated heterocycles. The lowest BCUT2D eigenvalue weighted by Gasteiger charge is -2.46. The molecule has 0 amide bonds. The number of carbonyl (C=O) groups excluding carboxylic acids is 4. The van der Waals surface area contributed by atoms with Crippen molar-refractivity contribution in [3.8, 4) is 0 Å². The van der Waals surface area contributed by atoms with Gasteiger partial charge in [-0.2, -0.15) is 0 Å². The molecule has 13 fully saturated rings. The Morgan fingerprint density at radius 2 is 1.17 bits per heavy atom. The first-order valence-corrected chi connectivity index (χ1v) is 24.9. The van der Waals surface area contributed by atoms with E-state index in [1.54, 1.807) is 6.92 Å². The summed E-state index contributed by atoms with van der Waals surface area (Å²) in [6.45, 7) is 9.67. The molecule has 0 spiro atoms. The van der Waals surface area contributed by atoms with Crippen LogP contribution >= 0.6 is 0 Å². The standard InChI is InChI=1S/C49H64O15/c1-15-18(37-31-20-8-17(30(31)36(15)60-37)9-25(20)48(56)64-49(3,4)5)10-21-24(41-35-33(38(21)61-41)29-14-27(43(35)59-29)46(54)57-7-6-50)12-23-22(11-19-16(2)45(53)63-47(19)55)40-34-32(39(23)62-40)28-13-26(44(51)52)42(34)58-28/h15-43,50H,6-14H2,1-5H3,(H,51,52). The van der Waals surface area contributed by atoms with Crippen molar-refractivity contribution >= 4 is 29.8 Å². The molecule has 15 nitrogen and oxygen atoms in total. The van der Waals surface area contributed by atoms with Gasteiger partial charge in [0.1, 0.15) is 12.2 Å². The third-order valence-corrected chi connectivity index (χ3v) is 20.4. The smallest absolute Gasteiger partial charge is 0.317 e. The van der Waals surface area contributed by atoms with Gasteiger partial charge >= 0.3 is 29.8 Å². The maximum absolute atomic E-state index is 13.6. The molecule has 2 aliphatic carbocycles. The number of esters is 4. The number of hydrogen-bond donors (Lipinski definition) is 2. The molecule has 350 valence electrons. The van der Waals surface area contributed by atoms with Crippen LogP contribution in [0.2, 0.25) is 0 Å². The van der Waals surface area contributed by atoms with Crippen LogP contribution in [0.4, 0.5) is 0 Å². The third-order valence-electron chi connectivity index (χ3n) is 20.4. The first kappa shape index (κ1) is 41.5. The fourth-order valence-corrected chi connectivity index (χ4v) is 18.5. The van der Waals surface area contributed by atoms with Crippen molar-refractivity contribution in [3.63, 3.8) is 0 Å². The average Bonchev–Trinajstić information content (AvgIpc) is 4.07. The first-order valence-electron chi connectivity index (χ1n) is 24.9. The van der Waals surface area contributed by atoms with Crippen molar-refractivity contribution in [2.75, 3.05) is 13.2 Å². The molecule has 11 heterocycles. The van der Waals surface area contributed by atoms with Crippen LogP contribution in [-0.4, -0.2) is 120 Å². The van der Waals surface area contributed by atoms with Crippen LogP contribution < -0.4 is 0 Å². The Balaban J connectivity index is 0.823. The second-order valence-electron chi connectivity index (χ2n) is 23.9. The molecule has 0 aromatic rings. The molecule has 29 unspecified atom stereocenters. The molecule has 0 aromatic carbocycles. The highest BCUT2D eigenvalue weighted by Crippen LogP contribution is 2.71. The zero-order chi connectivity index (χ0) is 44.2. The van der Waals surface area contributed by atoms with Crippen LogP contribution in [-0.2, 0) is 61.9 Å². The first-order chi connectivity index (χ1) is 30.6. The highest BCUT2D eigenvalue weighted by atomic mass is 16.6. The molecule has 0 aromatic heterocycles. The summed E-state index contributed by atoms with van der Waals surface area (Å²) in [7, 11) is 0. The molecule has 15 heteroatoms. The van der Waals surface area contributed by atoms with Gasteiger partial charge in [-0.25, -0.2) is 0 Å². The minimum absolute atomic E-state index is 0.00476. The quantitative estimate of drug-likeness (QED) is 0.174. The Morgan fingerprint density at radius 3 is 1.77 bits per heavy atom. The average molecular weight is 893 g/mol. The van der Waals surface area contributed by atoms with Gasteiger partial charge in [-0.1, -0.05) is 13.8 Å². The maximum Gasteiger partial charge on any atom is 0.317 e. The number of carbonyl (C=O) groups is 5. The lowest BCUT2D eigenvalue weighted by atomic mass is 9.54. The zero-order valence-corrected chi connectivity index (χ0v) is 37.3. The Labute approximate surface area is 372 Å². The van der Waals surface area contributed by atoms with E-state index in [4.69, 9.17) is 37.9 Å². The van der Waals surface area contributed by atoms with E-state index in [0.717, 1.165) is 25.7 Å². The van der Waals surface area contributed by atoms with Crippen molar-refractivity contribution < 1.29 is 72.1 Å². The second-order valence-corrected chi connectivity index (χ2v) is 23.9. The Morgan fingerprint density at radius 1 is 0.609 bits per heavy atom. The number of aliphatic carboxylic acids is 1. The minimum atomic E-state index is -0.848. The number of aliphatic hydroxyl groups is 1. The highest BCUT2D eigenvalue weighted by Gasteiger charge is 2.76. The molecule has 2 saturated carbocycles. The summed E-state index contributed by atoms with van der Waals surface area (Å²) in [5.41, 5.74) is -0.538. The van der Waals surface area contributed by atoms with Crippen LogP contribution in [0.1, 0.15) is 79.6 Å². The van der Waals surface area contributed by atoms with E-state index >= 15 is 0 Å². The van der Waals surface area contributed by atoms with Gasteiger partial charge in [0, 0.05) is 23.7 Å². The summed E-state index contributed by atoms with van der Waals surface area (Å²) in [6.07, 6.45) is 3.45. The van der Waals surface area contributed by atoms with Crippen molar-refractivity contribution in [2.45, 2.75) is 146 Å². The highest BCUT2D eigenvalue weighted by molar-refractivity contribution is 5.96. The van der Waals surface area contributed by atoms with Gasteiger partial charge in [-0.3, -0.25) is 24.0 Å². The number of aliphatic hydroxyl groups excluding tert-OH is 1. The van der Waals surface area contributed by atoms with E-state index in [1.165, 1.54) is 0 Å². The molecule has 64 heavy (non-hydrogen) atoms. The topological polar surface area (TPSA) is 200 Å². The van der Waals surface area contributed by atoms with E-state index in [1.807, 2.05) is 20.8 Å². The SMILES string of the molecule is CC1C(=O)OC(=O)C1CC1C(CC2C(CC3C(C)C4OC3C3C5CC(CC5C(=O)OC(C)(C)C)C43)C3OC2C2C4OC(CC4C(=O)OCCO)C32)C2OC1C1C3OC(CC3C(=O)O)C21. The van der Waals surface area contributed by atoms with Gasteiger partial charge in [-0.15, -0.1) is 0 Å². The van der Waals surface area contributed by atoms with E-state index in [0.29, 0.717) is 42.9 Å². The number of carboxylic acids is 1. The van der Waals surface area contributed by atoms with Gasteiger partial charge < -0.3 is 48.1 Å². The van der Waals surface area contributed by atoms with Crippen LogP contribution in [0.25, 0.3) is 0 Å². The molecule has 0 radical (unpaired) electrons. The lowest BCUT2D eigenvalue weighted by molar-refractivity contribution is -0.163. The van der Waals surface area contributed by atoms with Crippen molar-refractivity contribution in [1.29, 1.82) is 0 Å². The maximum atomic E-state index is 13.6. The van der Waals surface area contributed by atoms with Crippen LogP contribution in [0.5, 0.6) is 0 Å². The normalized spacial score (nSPS) is 56.9. The van der Waals surface area contributed by atoms with Crippen molar-refractivity contribution in [3.05, 3.63) is 0 Å². The number of hydrogen-bond acceptors (Lipinski definition) is 14. The Kier molecular flexibility index (Phi) is 9.19. The van der Waals surface area contributed by atoms with Crippen LogP contribution in [0.15, 0.2) is 0 Å². The molecular weight excluding hydrogens is 829 g/mol. The van der Waals surface area contributed by atoms with E-state index < -0.39 is 53.3 Å². The zero-order valence-electron chi connectivity index (χ0n) is 37.3. The van der Waals surface area contributed by atoms with Crippen molar-refractivity contribution in [1.82, 2.24) is 0 Å². The second kappa shape index (κ2) is 14.2. The summed E-state index contributed by atoms with van der Waals surface area (Å²) in [5, 5.41) is 19.6. The fourth-order valence-electron chi connectivity index (χ4n) is 18.5. The molecule has 2 N–H and O–H groups in total. The van der Waals surface area contributed by atoms with Gasteiger partial charge in [0.2, 0.25) is 0 Å². The largest absolute Gasteiger partial charge is 0.481 e. The van der Waals surface area contributed by atoms with Crippen LogP contribution in [0, 0.1) is 112 Å². The van der Waals surface area contributed by atoms with E-state index in [2.05, 4.69) is 6.92 Å². The number of carboxylic acid groups (broad SMARTS) is 1. The van der Waals surface area contributed by atoms with E-state index in [-0.39, 0.29) is 145 Å². The predicted molar refractivity (Wildman–Crippen MR) is 216 cm³/mol. The Bertz CT molecular complexity index is 2020. The minimum Gasteiger partial charge on any atom is -0.481 e. The lowest BCUT2D eigenvalue weighted by Crippen LogP contribution is -2.52. The molecule has 13 aliphatic rings. The summed E-state index contributed by atoms with van der Waals surface area (Å²) >= 11 is 0. The predicted octanol–water partition coefficient (Wildman–Crippen LogP) is 3.44. The summed E-state index contributed by atoms with van der Waals surface area (Å²) < 4.78 is 51.2. The monoisotopic (exact) mass is 892 g/mol. The third kappa shape index (κ3) is 5.57. The van der Waals surface area contributed by atoms with Crippen molar-refractivity contribution in [2.24, 2.45) is 112 Å². The molecule has 11 aliphatic heterocycles. The molecule has 12 bridgehead atoms.